The van der Waals surface area contributed by atoms with Gasteiger partial charge in [-0.25, -0.2) is 0 Å². The maximum atomic E-state index is 13.2. The molecule has 0 radical (unpaired) electrons. The quantitative estimate of drug-likeness (QED) is 0.228. The van der Waals surface area contributed by atoms with Gasteiger partial charge in [0, 0.05) is 23.1 Å². The summed E-state index contributed by atoms with van der Waals surface area (Å²) < 4.78 is 1.39. The van der Waals surface area contributed by atoms with Gasteiger partial charge in [0.1, 0.15) is 5.15 Å². The minimum Gasteiger partial charge on any atom is -0.278 e. The zero-order valence-corrected chi connectivity index (χ0v) is 17.3. The van der Waals surface area contributed by atoms with Crippen LogP contribution >= 0.6 is 23.2 Å². The van der Waals surface area contributed by atoms with Gasteiger partial charge < -0.3 is 0 Å². The standard InChI is InChI=1S/C22H14Cl2N4O3/c23-19-7-3-1-6-17(19)22(29)27-20-8-4-2-5-16(20)18(21(27)24)13-25-26-14-9-11-15(12-10-14)28(30)31/h1-13,26H/b25-13+. The number of para-hydroxylation sites is 1. The Kier molecular flexibility index (Phi) is 5.70. The number of carbonyl (C=O) groups is 1. The molecule has 1 N–H and O–H groups in total. The molecule has 0 amide bonds. The summed E-state index contributed by atoms with van der Waals surface area (Å²) in [4.78, 5) is 23.5. The Balaban J connectivity index is 1.70. The molecule has 0 spiro atoms. The molecule has 9 heteroatoms. The first-order valence-corrected chi connectivity index (χ1v) is 9.84. The van der Waals surface area contributed by atoms with Crippen LogP contribution < -0.4 is 5.43 Å². The van der Waals surface area contributed by atoms with Crippen molar-refractivity contribution >= 4 is 57.6 Å². The van der Waals surface area contributed by atoms with E-state index in [2.05, 4.69) is 10.5 Å². The number of nitrogens with one attached hydrogen (secondary N) is 1. The monoisotopic (exact) mass is 452 g/mol. The van der Waals surface area contributed by atoms with E-state index >= 15 is 0 Å². The zero-order valence-electron chi connectivity index (χ0n) is 15.8. The predicted molar refractivity (Wildman–Crippen MR) is 122 cm³/mol. The molecule has 0 fully saturated rings. The molecule has 1 heterocycles. The smallest absolute Gasteiger partial charge is 0.269 e. The summed E-state index contributed by atoms with van der Waals surface area (Å²) >= 11 is 12.8. The number of carbonyl (C=O) groups excluding carboxylic acids is 1. The molecule has 7 nitrogen and oxygen atoms in total. The molecule has 0 saturated carbocycles. The summed E-state index contributed by atoms with van der Waals surface area (Å²) in [5.41, 5.74) is 4.85. The van der Waals surface area contributed by atoms with E-state index in [1.807, 2.05) is 18.2 Å². The number of nitro groups is 1. The zero-order chi connectivity index (χ0) is 22.0. The summed E-state index contributed by atoms with van der Waals surface area (Å²) in [5.74, 6) is -0.352. The molecule has 0 aliphatic rings. The second-order valence-corrected chi connectivity index (χ2v) is 7.28. The molecule has 0 aliphatic carbocycles. The van der Waals surface area contributed by atoms with Gasteiger partial charge in [0.05, 0.1) is 32.9 Å². The van der Waals surface area contributed by atoms with Gasteiger partial charge in [0.2, 0.25) is 0 Å². The molecule has 154 valence electrons. The van der Waals surface area contributed by atoms with Crippen LogP contribution in [0.15, 0.2) is 77.9 Å². The highest BCUT2D eigenvalue weighted by atomic mass is 35.5. The van der Waals surface area contributed by atoms with E-state index in [1.54, 1.807) is 42.5 Å². The molecular weight excluding hydrogens is 439 g/mol. The summed E-state index contributed by atoms with van der Waals surface area (Å²) in [6.07, 6.45) is 1.50. The number of hydrogen-bond donors (Lipinski definition) is 1. The number of halogens is 2. The first-order valence-electron chi connectivity index (χ1n) is 9.09. The van der Waals surface area contributed by atoms with Crippen molar-refractivity contribution in [1.82, 2.24) is 4.57 Å². The van der Waals surface area contributed by atoms with Gasteiger partial charge in [-0.2, -0.15) is 5.10 Å². The summed E-state index contributed by atoms with van der Waals surface area (Å²) in [6.45, 7) is 0. The van der Waals surface area contributed by atoms with Gasteiger partial charge >= 0.3 is 0 Å². The maximum Gasteiger partial charge on any atom is 0.269 e. The number of anilines is 1. The van der Waals surface area contributed by atoms with E-state index in [-0.39, 0.29) is 16.7 Å². The number of nitrogens with zero attached hydrogens (tertiary/aromatic N) is 3. The molecule has 0 aliphatic heterocycles. The first-order chi connectivity index (χ1) is 15.0. The summed E-state index contributed by atoms with van der Waals surface area (Å²) in [7, 11) is 0. The number of hydrazone groups is 1. The molecule has 1 aromatic heterocycles. The molecule has 0 unspecified atom stereocenters. The molecule has 3 aromatic carbocycles. The van der Waals surface area contributed by atoms with Crippen molar-refractivity contribution < 1.29 is 9.72 Å². The fourth-order valence-electron chi connectivity index (χ4n) is 3.14. The molecular formula is C22H14Cl2N4O3. The van der Waals surface area contributed by atoms with Gasteiger partial charge in [-0.1, -0.05) is 53.5 Å². The van der Waals surface area contributed by atoms with Gasteiger partial charge in [-0.15, -0.1) is 0 Å². The van der Waals surface area contributed by atoms with E-state index < -0.39 is 4.92 Å². The fraction of sp³-hybridized carbons (Fsp3) is 0. The van der Waals surface area contributed by atoms with Crippen LogP contribution in [0.1, 0.15) is 15.9 Å². The van der Waals surface area contributed by atoms with Crippen molar-refractivity contribution in [3.05, 3.63) is 104 Å². The molecule has 31 heavy (non-hydrogen) atoms. The van der Waals surface area contributed by atoms with Crippen LogP contribution in [0.3, 0.4) is 0 Å². The fourth-order valence-corrected chi connectivity index (χ4v) is 3.67. The van der Waals surface area contributed by atoms with Crippen molar-refractivity contribution in [3.63, 3.8) is 0 Å². The van der Waals surface area contributed by atoms with Crippen molar-refractivity contribution in [1.29, 1.82) is 0 Å². The van der Waals surface area contributed by atoms with Gasteiger partial charge in [-0.3, -0.25) is 24.9 Å². The predicted octanol–water partition coefficient (Wildman–Crippen LogP) is 5.99. The van der Waals surface area contributed by atoms with Crippen LogP contribution in [-0.4, -0.2) is 21.6 Å². The highest BCUT2D eigenvalue weighted by Gasteiger charge is 2.21. The number of benzene rings is 3. The lowest BCUT2D eigenvalue weighted by molar-refractivity contribution is -0.384. The molecule has 0 atom stereocenters. The normalized spacial score (nSPS) is 11.2. The van der Waals surface area contributed by atoms with Crippen LogP contribution in [0.25, 0.3) is 10.9 Å². The Bertz CT molecular complexity index is 1330. The lowest BCUT2D eigenvalue weighted by Crippen LogP contribution is -2.12. The van der Waals surface area contributed by atoms with Crippen LogP contribution in [0.2, 0.25) is 10.2 Å². The van der Waals surface area contributed by atoms with E-state index in [0.29, 0.717) is 27.4 Å². The third-order valence-electron chi connectivity index (χ3n) is 4.63. The van der Waals surface area contributed by atoms with E-state index in [0.717, 1.165) is 5.39 Å². The largest absolute Gasteiger partial charge is 0.278 e. The molecule has 0 saturated heterocycles. The highest BCUT2D eigenvalue weighted by molar-refractivity contribution is 6.37. The molecule has 4 aromatic rings. The topological polar surface area (TPSA) is 89.5 Å². The third-order valence-corrected chi connectivity index (χ3v) is 5.33. The Morgan fingerprint density at radius 1 is 1.00 bits per heavy atom. The van der Waals surface area contributed by atoms with Crippen molar-refractivity contribution in [2.24, 2.45) is 5.10 Å². The summed E-state index contributed by atoms with van der Waals surface area (Å²) in [5, 5.41) is 16.2. The maximum absolute atomic E-state index is 13.2. The van der Waals surface area contributed by atoms with Crippen LogP contribution in [-0.2, 0) is 0 Å². The van der Waals surface area contributed by atoms with Crippen molar-refractivity contribution in [2.75, 3.05) is 5.43 Å². The third kappa shape index (κ3) is 4.01. The Hall–Kier alpha value is -3.68. The average Bonchev–Trinajstić information content (AvgIpc) is 3.05. The Morgan fingerprint density at radius 2 is 1.68 bits per heavy atom. The number of nitro benzene ring substituents is 1. The molecule has 0 bridgehead atoms. The van der Waals surface area contributed by atoms with Gasteiger partial charge in [0.25, 0.3) is 11.6 Å². The lowest BCUT2D eigenvalue weighted by atomic mass is 10.2. The highest BCUT2D eigenvalue weighted by Crippen LogP contribution is 2.31. The average molecular weight is 453 g/mol. The Labute approximate surface area is 186 Å². The van der Waals surface area contributed by atoms with Crippen LogP contribution in [0, 0.1) is 10.1 Å². The number of hydrogen-bond acceptors (Lipinski definition) is 5. The first kappa shape index (κ1) is 20.6. The lowest BCUT2D eigenvalue weighted by Gasteiger charge is -2.07. The molecule has 4 rings (SSSR count). The van der Waals surface area contributed by atoms with Crippen LogP contribution in [0.5, 0.6) is 0 Å². The van der Waals surface area contributed by atoms with E-state index in [4.69, 9.17) is 23.2 Å². The van der Waals surface area contributed by atoms with Crippen molar-refractivity contribution in [3.8, 4) is 0 Å². The number of aromatic nitrogens is 1. The number of fused-ring (bicyclic) bond motifs is 1. The second-order valence-electron chi connectivity index (χ2n) is 6.52. The van der Waals surface area contributed by atoms with Gasteiger partial charge in [-0.05, 0) is 30.3 Å². The SMILES string of the molecule is O=C(c1ccccc1Cl)n1c(Cl)c(/C=N/Nc2ccc([N+](=O)[O-])cc2)c2ccccc21. The Morgan fingerprint density at radius 3 is 2.39 bits per heavy atom. The second kappa shape index (κ2) is 8.59. The minimum atomic E-state index is -0.475. The van der Waals surface area contributed by atoms with Gasteiger partial charge in [0.15, 0.2) is 0 Å². The minimum absolute atomic E-state index is 0.0151. The summed E-state index contributed by atoms with van der Waals surface area (Å²) in [6, 6.07) is 19.9. The van der Waals surface area contributed by atoms with Crippen LogP contribution in [0.4, 0.5) is 11.4 Å². The van der Waals surface area contributed by atoms with E-state index in [1.165, 1.54) is 22.9 Å². The van der Waals surface area contributed by atoms with Crippen molar-refractivity contribution in [2.45, 2.75) is 0 Å². The number of rotatable bonds is 5. The van der Waals surface area contributed by atoms with E-state index in [9.17, 15) is 14.9 Å². The number of non-ortho nitro benzene ring substituents is 1.